The van der Waals surface area contributed by atoms with Gasteiger partial charge in [0.25, 0.3) is 0 Å². The fourth-order valence-corrected chi connectivity index (χ4v) is 3.47. The molecule has 0 unspecified atom stereocenters. The molecule has 0 radical (unpaired) electrons. The number of aliphatic hydroxyl groups excluding tert-OH is 1. The van der Waals surface area contributed by atoms with E-state index in [1.165, 1.54) is 12.1 Å². The Balaban J connectivity index is 2.21. The molecule has 2 rings (SSSR count). The molecule has 1 aliphatic rings. The van der Waals surface area contributed by atoms with Gasteiger partial charge in [0, 0.05) is 13.2 Å². The number of rotatable bonds is 4. The van der Waals surface area contributed by atoms with E-state index in [1.807, 2.05) is 0 Å². The molecule has 0 spiro atoms. The van der Waals surface area contributed by atoms with Gasteiger partial charge >= 0.3 is 0 Å². The number of nitrogens with one attached hydrogen (secondary N) is 1. The van der Waals surface area contributed by atoms with Gasteiger partial charge in [0.1, 0.15) is 0 Å². The summed E-state index contributed by atoms with van der Waals surface area (Å²) >= 11 is 0. The fourth-order valence-electron chi connectivity index (χ4n) is 2.00. The van der Waals surface area contributed by atoms with Crippen LogP contribution in [0.5, 0.6) is 0 Å². The minimum absolute atomic E-state index is 0.212. The summed E-state index contributed by atoms with van der Waals surface area (Å²) in [6, 6.07) is 8.17. The summed E-state index contributed by atoms with van der Waals surface area (Å²) in [6.07, 6.45) is 0.963. The van der Waals surface area contributed by atoms with Gasteiger partial charge in [-0.05, 0) is 25.0 Å². The summed E-state index contributed by atoms with van der Waals surface area (Å²) in [6.45, 7) is 0.693. The van der Waals surface area contributed by atoms with Crippen LogP contribution in [-0.2, 0) is 14.8 Å². The van der Waals surface area contributed by atoms with Crippen molar-refractivity contribution >= 4 is 10.0 Å². The zero-order valence-corrected chi connectivity index (χ0v) is 10.8. The van der Waals surface area contributed by atoms with Crippen molar-refractivity contribution in [3.63, 3.8) is 0 Å². The maximum Gasteiger partial charge on any atom is 0.241 e. The molecule has 5 nitrogen and oxygen atoms in total. The van der Waals surface area contributed by atoms with Gasteiger partial charge in [0.15, 0.2) is 0 Å². The second-order valence-electron chi connectivity index (χ2n) is 4.47. The molecule has 1 aromatic carbocycles. The second-order valence-corrected chi connectivity index (χ2v) is 6.15. The predicted molar refractivity (Wildman–Crippen MR) is 66.6 cm³/mol. The minimum Gasteiger partial charge on any atom is -0.394 e. The molecule has 0 bridgehead atoms. The average molecular weight is 271 g/mol. The molecule has 0 aromatic heterocycles. The third-order valence-electron chi connectivity index (χ3n) is 3.16. The number of hydrogen-bond acceptors (Lipinski definition) is 4. The van der Waals surface area contributed by atoms with Crippen LogP contribution >= 0.6 is 0 Å². The van der Waals surface area contributed by atoms with E-state index >= 15 is 0 Å². The molecule has 6 heteroatoms. The zero-order chi connectivity index (χ0) is 13.1. The Kier molecular flexibility index (Phi) is 4.01. The fraction of sp³-hybridized carbons (Fsp3) is 0.500. The first-order chi connectivity index (χ1) is 8.58. The zero-order valence-electron chi connectivity index (χ0n) is 10.0. The van der Waals surface area contributed by atoms with Crippen molar-refractivity contribution in [2.24, 2.45) is 0 Å². The number of hydrogen-bond donors (Lipinski definition) is 2. The molecule has 0 atom stereocenters. The van der Waals surface area contributed by atoms with Crippen molar-refractivity contribution in [2.45, 2.75) is 23.3 Å². The lowest BCUT2D eigenvalue weighted by atomic mass is 9.93. The van der Waals surface area contributed by atoms with Gasteiger partial charge in [-0.2, -0.15) is 0 Å². The molecule has 100 valence electrons. The van der Waals surface area contributed by atoms with Gasteiger partial charge in [-0.1, -0.05) is 18.2 Å². The molecule has 18 heavy (non-hydrogen) atoms. The van der Waals surface area contributed by atoms with Crippen molar-refractivity contribution in [2.75, 3.05) is 19.8 Å². The van der Waals surface area contributed by atoms with Crippen LogP contribution in [0.4, 0.5) is 0 Å². The SMILES string of the molecule is O=S(=O)(NC1(CO)CCOCC1)c1ccccc1. The molecular formula is C12H17NO4S. The Bertz CT molecular complexity index is 480. The van der Waals surface area contributed by atoms with Crippen molar-refractivity contribution < 1.29 is 18.3 Å². The largest absolute Gasteiger partial charge is 0.394 e. The van der Waals surface area contributed by atoms with E-state index in [2.05, 4.69) is 4.72 Å². The van der Waals surface area contributed by atoms with Crippen LogP contribution < -0.4 is 4.72 Å². The van der Waals surface area contributed by atoms with Crippen molar-refractivity contribution in [3.05, 3.63) is 30.3 Å². The highest BCUT2D eigenvalue weighted by molar-refractivity contribution is 7.89. The van der Waals surface area contributed by atoms with Gasteiger partial charge in [0.2, 0.25) is 10.0 Å². The molecule has 1 aliphatic heterocycles. The van der Waals surface area contributed by atoms with Crippen molar-refractivity contribution in [1.82, 2.24) is 4.72 Å². The maximum absolute atomic E-state index is 12.2. The lowest BCUT2D eigenvalue weighted by Crippen LogP contribution is -2.54. The first-order valence-corrected chi connectivity index (χ1v) is 7.34. The van der Waals surface area contributed by atoms with Gasteiger partial charge in [-0.25, -0.2) is 13.1 Å². The normalized spacial score (nSPS) is 19.6. The van der Waals surface area contributed by atoms with Crippen LogP contribution in [0.3, 0.4) is 0 Å². The summed E-state index contributed by atoms with van der Waals surface area (Å²) in [4.78, 5) is 0.212. The highest BCUT2D eigenvalue weighted by atomic mass is 32.2. The van der Waals surface area contributed by atoms with Gasteiger partial charge < -0.3 is 9.84 Å². The van der Waals surface area contributed by atoms with E-state index in [9.17, 15) is 13.5 Å². The summed E-state index contributed by atoms with van der Waals surface area (Å²) in [5.74, 6) is 0. The molecule has 1 fully saturated rings. The van der Waals surface area contributed by atoms with Crippen LogP contribution in [0, 0.1) is 0 Å². The van der Waals surface area contributed by atoms with Crippen LogP contribution in [0.2, 0.25) is 0 Å². The summed E-state index contributed by atoms with van der Waals surface area (Å²) in [7, 11) is -3.60. The maximum atomic E-state index is 12.2. The Hall–Kier alpha value is -0.950. The quantitative estimate of drug-likeness (QED) is 0.836. The standard InChI is InChI=1S/C12H17NO4S/c14-10-12(6-8-17-9-7-12)13-18(15,16)11-4-2-1-3-5-11/h1-5,13-14H,6-10H2. The van der Waals surface area contributed by atoms with Crippen molar-refractivity contribution in [1.29, 1.82) is 0 Å². The van der Waals surface area contributed by atoms with E-state index in [1.54, 1.807) is 18.2 Å². The van der Waals surface area contributed by atoms with Crippen LogP contribution in [0.25, 0.3) is 0 Å². The van der Waals surface area contributed by atoms with E-state index in [4.69, 9.17) is 4.74 Å². The average Bonchev–Trinajstić information content (AvgIpc) is 2.40. The summed E-state index contributed by atoms with van der Waals surface area (Å²) in [5.41, 5.74) is -0.799. The highest BCUT2D eigenvalue weighted by Gasteiger charge is 2.36. The molecule has 1 saturated heterocycles. The van der Waals surface area contributed by atoms with E-state index in [0.29, 0.717) is 26.1 Å². The molecule has 1 heterocycles. The molecular weight excluding hydrogens is 254 g/mol. The van der Waals surface area contributed by atoms with Crippen LogP contribution in [-0.4, -0.2) is 38.9 Å². The Morgan fingerprint density at radius 2 is 1.83 bits per heavy atom. The van der Waals surface area contributed by atoms with Crippen molar-refractivity contribution in [3.8, 4) is 0 Å². The molecule has 0 amide bonds. The Morgan fingerprint density at radius 3 is 2.39 bits per heavy atom. The highest BCUT2D eigenvalue weighted by Crippen LogP contribution is 2.23. The van der Waals surface area contributed by atoms with Gasteiger partial charge in [0.05, 0.1) is 17.0 Å². The first kappa shape index (κ1) is 13.5. The lowest BCUT2D eigenvalue weighted by molar-refractivity contribution is 0.0223. The topological polar surface area (TPSA) is 75.6 Å². The smallest absolute Gasteiger partial charge is 0.241 e. The molecule has 1 aromatic rings. The van der Waals surface area contributed by atoms with Crippen LogP contribution in [0.15, 0.2) is 35.2 Å². The monoisotopic (exact) mass is 271 g/mol. The number of aliphatic hydroxyl groups is 1. The molecule has 0 saturated carbocycles. The van der Waals surface area contributed by atoms with E-state index in [-0.39, 0.29) is 11.5 Å². The predicted octanol–water partition coefficient (Wildman–Crippen LogP) is 0.506. The molecule has 0 aliphatic carbocycles. The number of benzene rings is 1. The van der Waals surface area contributed by atoms with E-state index in [0.717, 1.165) is 0 Å². The number of ether oxygens (including phenoxy) is 1. The minimum atomic E-state index is -3.60. The summed E-state index contributed by atoms with van der Waals surface area (Å²) < 4.78 is 32.2. The molecule has 2 N–H and O–H groups in total. The third-order valence-corrected chi connectivity index (χ3v) is 4.75. The Labute approximate surface area is 107 Å². The van der Waals surface area contributed by atoms with Crippen LogP contribution in [0.1, 0.15) is 12.8 Å². The number of sulfonamides is 1. The second kappa shape index (κ2) is 5.36. The first-order valence-electron chi connectivity index (χ1n) is 5.86. The third kappa shape index (κ3) is 2.89. The Morgan fingerprint density at radius 1 is 1.22 bits per heavy atom. The van der Waals surface area contributed by atoms with E-state index < -0.39 is 15.6 Å². The van der Waals surface area contributed by atoms with Gasteiger partial charge in [-0.15, -0.1) is 0 Å². The van der Waals surface area contributed by atoms with Gasteiger partial charge in [-0.3, -0.25) is 0 Å². The summed E-state index contributed by atoms with van der Waals surface area (Å²) in [5, 5.41) is 9.47. The lowest BCUT2D eigenvalue weighted by Gasteiger charge is -2.35.